The summed E-state index contributed by atoms with van der Waals surface area (Å²) < 4.78 is 41.0. The summed E-state index contributed by atoms with van der Waals surface area (Å²) in [4.78, 5) is 10.6. The van der Waals surface area contributed by atoms with Crippen LogP contribution in [-0.2, 0) is 4.74 Å². The number of nitrogens with one attached hydrogen (secondary N) is 2. The molecule has 12 heteroatoms. The number of hydrazine groups is 1. The molecule has 1 saturated heterocycles. The van der Waals surface area contributed by atoms with E-state index in [2.05, 4.69) is 40.1 Å². The third-order valence-corrected chi connectivity index (χ3v) is 9.00. The van der Waals surface area contributed by atoms with Crippen molar-refractivity contribution in [1.82, 2.24) is 9.97 Å². The monoisotopic (exact) mass is 560 g/mol. The summed E-state index contributed by atoms with van der Waals surface area (Å²) >= 11 is 6.38. The number of halogens is 3. The van der Waals surface area contributed by atoms with E-state index in [1.54, 1.807) is 7.11 Å². The predicted octanol–water partition coefficient (Wildman–Crippen LogP) is 5.47. The SMILES string of the molecule is COC1CC2(C1)CN(c1c(F)ccc3c1OC(F)N3Nc1ncc(Cl)c(Nc3ccccc3P(C)C)n1)C2. The smallest absolute Gasteiger partial charge is 0.338 e. The van der Waals surface area contributed by atoms with Crippen LogP contribution in [0.1, 0.15) is 12.8 Å². The molecule has 3 aromatic rings. The molecule has 38 heavy (non-hydrogen) atoms. The summed E-state index contributed by atoms with van der Waals surface area (Å²) in [5, 5.41) is 5.91. The molecule has 1 aliphatic carbocycles. The summed E-state index contributed by atoms with van der Waals surface area (Å²) in [6, 6.07) is 10.8. The highest BCUT2D eigenvalue weighted by Gasteiger charge is 2.54. The Morgan fingerprint density at radius 2 is 1.95 bits per heavy atom. The standard InChI is InChI=1S/C26H28ClF2N6O2P/c1-36-15-10-26(11-15)13-34(14-26)21-17(28)8-9-19-22(21)37-24(29)35(19)33-25-30-12-16(27)23(32-25)31-18-6-4-5-7-20(18)38(2)3/h4-9,12,15,24H,10-11,13-14H2,1-3H3,(H2,30,31,32,33). The Bertz CT molecular complexity index is 1370. The molecule has 3 heterocycles. The zero-order chi connectivity index (χ0) is 26.6. The lowest BCUT2D eigenvalue weighted by atomic mass is 9.61. The van der Waals surface area contributed by atoms with Crippen LogP contribution in [-0.4, -0.2) is 56.1 Å². The molecule has 1 atom stereocenters. The fraction of sp³-hybridized carbons (Fsp3) is 0.385. The summed E-state index contributed by atoms with van der Waals surface area (Å²) in [5.74, 6) is 0.195. The highest BCUT2D eigenvalue weighted by Crippen LogP contribution is 2.55. The van der Waals surface area contributed by atoms with Crippen LogP contribution < -0.4 is 30.7 Å². The third kappa shape index (κ3) is 4.38. The van der Waals surface area contributed by atoms with E-state index in [0.29, 0.717) is 29.6 Å². The molecule has 6 rings (SSSR count). The predicted molar refractivity (Wildman–Crippen MR) is 148 cm³/mol. The Labute approximate surface area is 226 Å². The Kier molecular flexibility index (Phi) is 6.45. The second-order valence-corrected chi connectivity index (χ2v) is 12.9. The fourth-order valence-electron chi connectivity index (χ4n) is 5.47. The number of fused-ring (bicyclic) bond motifs is 1. The highest BCUT2D eigenvalue weighted by atomic mass is 35.5. The van der Waals surface area contributed by atoms with E-state index in [1.807, 2.05) is 23.1 Å². The maximum absolute atomic E-state index is 15.1. The van der Waals surface area contributed by atoms with Crippen LogP contribution in [0.5, 0.6) is 5.75 Å². The molecule has 1 saturated carbocycles. The molecule has 1 spiro atoms. The van der Waals surface area contributed by atoms with Gasteiger partial charge in [-0.2, -0.15) is 9.37 Å². The Morgan fingerprint density at radius 3 is 2.68 bits per heavy atom. The molecule has 2 N–H and O–H groups in total. The number of hydrogen-bond acceptors (Lipinski definition) is 8. The number of hydrogen-bond donors (Lipinski definition) is 2. The van der Waals surface area contributed by atoms with Crippen LogP contribution in [0.15, 0.2) is 42.6 Å². The van der Waals surface area contributed by atoms with Gasteiger partial charge in [-0.25, -0.2) is 14.4 Å². The van der Waals surface area contributed by atoms with Crippen LogP contribution in [0.25, 0.3) is 0 Å². The van der Waals surface area contributed by atoms with Crippen molar-refractivity contribution < 1.29 is 18.3 Å². The minimum Gasteiger partial charge on any atom is -0.437 e. The number of rotatable bonds is 7. The van der Waals surface area contributed by atoms with E-state index in [4.69, 9.17) is 21.1 Å². The van der Waals surface area contributed by atoms with Gasteiger partial charge in [0.15, 0.2) is 11.6 Å². The molecule has 2 aromatic carbocycles. The lowest BCUT2D eigenvalue weighted by Crippen LogP contribution is -2.64. The number of anilines is 5. The summed E-state index contributed by atoms with van der Waals surface area (Å²) in [6.07, 6.45) is 3.59. The van der Waals surface area contributed by atoms with E-state index in [9.17, 15) is 4.39 Å². The van der Waals surface area contributed by atoms with Gasteiger partial charge in [-0.3, -0.25) is 5.43 Å². The van der Waals surface area contributed by atoms with Gasteiger partial charge in [-0.05, 0) is 49.7 Å². The first-order valence-electron chi connectivity index (χ1n) is 12.3. The van der Waals surface area contributed by atoms with E-state index in [0.717, 1.165) is 23.5 Å². The lowest BCUT2D eigenvalue weighted by Gasteiger charge is -2.59. The molecule has 1 aromatic heterocycles. The van der Waals surface area contributed by atoms with Crippen molar-refractivity contribution in [1.29, 1.82) is 0 Å². The molecule has 2 aliphatic heterocycles. The van der Waals surface area contributed by atoms with Gasteiger partial charge in [0.25, 0.3) is 0 Å². The Morgan fingerprint density at radius 1 is 1.18 bits per heavy atom. The summed E-state index contributed by atoms with van der Waals surface area (Å²) in [6.45, 7) is 3.79. The summed E-state index contributed by atoms with van der Waals surface area (Å²) in [5.41, 5.74) is 4.53. The lowest BCUT2D eigenvalue weighted by molar-refractivity contribution is -0.0734. The number of benzene rings is 2. The minimum atomic E-state index is -1.90. The number of para-hydroxylation sites is 1. The number of nitrogens with zero attached hydrogens (tertiary/aromatic N) is 4. The fourth-order valence-corrected chi connectivity index (χ4v) is 6.61. The molecular formula is C26H28ClF2N6O2P. The molecule has 1 unspecified atom stereocenters. The van der Waals surface area contributed by atoms with Gasteiger partial charge in [-0.15, -0.1) is 0 Å². The minimum absolute atomic E-state index is 0.109. The first kappa shape index (κ1) is 25.3. The second kappa shape index (κ2) is 9.67. The Balaban J connectivity index is 1.23. The third-order valence-electron chi connectivity index (χ3n) is 7.37. The Hall–Kier alpha value is -2.94. The van der Waals surface area contributed by atoms with Gasteiger partial charge in [0, 0.05) is 31.3 Å². The number of aromatic nitrogens is 2. The highest BCUT2D eigenvalue weighted by molar-refractivity contribution is 7.64. The van der Waals surface area contributed by atoms with Gasteiger partial charge < -0.3 is 19.7 Å². The van der Waals surface area contributed by atoms with E-state index < -0.39 is 12.3 Å². The van der Waals surface area contributed by atoms with Gasteiger partial charge in [0.1, 0.15) is 22.2 Å². The molecule has 3 aliphatic rings. The van der Waals surface area contributed by atoms with Crippen molar-refractivity contribution in [3.8, 4) is 5.75 Å². The first-order chi connectivity index (χ1) is 18.3. The van der Waals surface area contributed by atoms with Gasteiger partial charge >= 0.3 is 6.48 Å². The van der Waals surface area contributed by atoms with Crippen molar-refractivity contribution in [2.75, 3.05) is 54.2 Å². The molecule has 8 nitrogen and oxygen atoms in total. The number of ether oxygens (including phenoxy) is 2. The average molecular weight is 561 g/mol. The second-order valence-electron chi connectivity index (χ2n) is 10.2. The van der Waals surface area contributed by atoms with Crippen LogP contribution in [0.3, 0.4) is 0 Å². The van der Waals surface area contributed by atoms with E-state index >= 15 is 4.39 Å². The van der Waals surface area contributed by atoms with E-state index in [1.165, 1.54) is 23.6 Å². The van der Waals surface area contributed by atoms with Crippen molar-refractivity contribution in [2.24, 2.45) is 5.41 Å². The van der Waals surface area contributed by atoms with Gasteiger partial charge in [0.2, 0.25) is 5.95 Å². The zero-order valence-corrected chi connectivity index (χ0v) is 22.9. The van der Waals surface area contributed by atoms with Crippen molar-refractivity contribution in [2.45, 2.75) is 25.4 Å². The average Bonchev–Trinajstić information content (AvgIpc) is 3.15. The number of methoxy groups -OCH3 is 1. The van der Waals surface area contributed by atoms with Crippen molar-refractivity contribution in [3.05, 3.63) is 53.4 Å². The van der Waals surface area contributed by atoms with Crippen LogP contribution >= 0.6 is 19.5 Å². The first-order valence-corrected chi connectivity index (χ1v) is 14.9. The van der Waals surface area contributed by atoms with Crippen molar-refractivity contribution >= 4 is 53.7 Å². The molecule has 200 valence electrons. The van der Waals surface area contributed by atoms with Crippen molar-refractivity contribution in [3.63, 3.8) is 0 Å². The molecular weight excluding hydrogens is 533 g/mol. The van der Waals surface area contributed by atoms with Gasteiger partial charge in [-0.1, -0.05) is 37.7 Å². The quantitative estimate of drug-likeness (QED) is 0.291. The van der Waals surface area contributed by atoms with Crippen LogP contribution in [0.2, 0.25) is 5.02 Å². The summed E-state index contributed by atoms with van der Waals surface area (Å²) in [7, 11) is 1.34. The van der Waals surface area contributed by atoms with Gasteiger partial charge in [0.05, 0.1) is 12.3 Å². The maximum Gasteiger partial charge on any atom is 0.338 e. The van der Waals surface area contributed by atoms with Crippen LogP contribution in [0, 0.1) is 11.2 Å². The largest absolute Gasteiger partial charge is 0.437 e. The topological polar surface area (TPSA) is 74.8 Å². The van der Waals surface area contributed by atoms with Crippen LogP contribution in [0.4, 0.5) is 37.6 Å². The maximum atomic E-state index is 15.1. The molecule has 0 amide bonds. The number of alkyl halides is 1. The molecule has 2 fully saturated rings. The normalized spacial score (nSPS) is 19.7. The molecule has 0 bridgehead atoms. The zero-order valence-electron chi connectivity index (χ0n) is 21.2. The van der Waals surface area contributed by atoms with E-state index in [-0.39, 0.29) is 36.8 Å². The molecule has 0 radical (unpaired) electrons.